The van der Waals surface area contributed by atoms with Gasteiger partial charge in [0.05, 0.1) is 11.4 Å². The Labute approximate surface area is 101 Å². The highest BCUT2D eigenvalue weighted by atomic mass is 19.1. The van der Waals surface area contributed by atoms with E-state index >= 15 is 0 Å². The molecule has 0 atom stereocenters. The van der Waals surface area contributed by atoms with E-state index in [-0.39, 0.29) is 5.69 Å². The first-order valence-corrected chi connectivity index (χ1v) is 5.21. The highest BCUT2D eigenvalue weighted by molar-refractivity contribution is 5.62. The molecule has 0 saturated heterocycles. The van der Waals surface area contributed by atoms with E-state index in [1.165, 1.54) is 23.1 Å². The number of rotatable bonds is 2. The van der Waals surface area contributed by atoms with Gasteiger partial charge in [-0.3, -0.25) is 0 Å². The Bertz CT molecular complexity index is 599. The highest BCUT2D eigenvalue weighted by Crippen LogP contribution is 2.23. The smallest absolute Gasteiger partial charge is 0.151 e. The Balaban J connectivity index is 2.15. The van der Waals surface area contributed by atoms with Gasteiger partial charge >= 0.3 is 0 Å². The molecule has 3 aromatic rings. The van der Waals surface area contributed by atoms with Crippen LogP contribution in [0, 0.1) is 5.82 Å². The predicted molar refractivity (Wildman–Crippen MR) is 62.9 cm³/mol. The van der Waals surface area contributed by atoms with Crippen molar-refractivity contribution in [2.45, 2.75) is 0 Å². The van der Waals surface area contributed by atoms with E-state index in [0.717, 1.165) is 0 Å². The number of nitrogens with zero attached hydrogens (tertiary/aromatic N) is 5. The monoisotopic (exact) mass is 244 g/mol. The zero-order valence-corrected chi connectivity index (χ0v) is 9.23. The molecule has 3 rings (SSSR count). The number of halogens is 1. The summed E-state index contributed by atoms with van der Waals surface area (Å²) in [6, 6.07) is 6.53. The molecule has 0 amide bonds. The van der Waals surface area contributed by atoms with Crippen LogP contribution < -0.4 is 5.73 Å². The summed E-state index contributed by atoms with van der Waals surface area (Å²) in [5.74, 6) is -0.444. The lowest BCUT2D eigenvalue weighted by Crippen LogP contribution is -2.04. The number of nitrogens with two attached hydrogens (primary N) is 1. The van der Waals surface area contributed by atoms with Crippen molar-refractivity contribution in [1.82, 2.24) is 24.8 Å². The first-order chi connectivity index (χ1) is 8.75. The van der Waals surface area contributed by atoms with Crippen molar-refractivity contribution >= 4 is 5.69 Å². The van der Waals surface area contributed by atoms with E-state index in [1.807, 2.05) is 12.1 Å². The van der Waals surface area contributed by atoms with Crippen LogP contribution in [0.3, 0.4) is 0 Å². The third-order valence-electron chi connectivity index (χ3n) is 2.57. The summed E-state index contributed by atoms with van der Waals surface area (Å²) < 4.78 is 17.0. The van der Waals surface area contributed by atoms with Crippen LogP contribution in [0.1, 0.15) is 0 Å². The van der Waals surface area contributed by atoms with Crippen LogP contribution >= 0.6 is 0 Å². The van der Waals surface area contributed by atoms with Crippen molar-refractivity contribution in [3.8, 4) is 11.4 Å². The van der Waals surface area contributed by atoms with Gasteiger partial charge < -0.3 is 10.3 Å². The van der Waals surface area contributed by atoms with Crippen LogP contribution in [-0.4, -0.2) is 24.8 Å². The van der Waals surface area contributed by atoms with E-state index < -0.39 is 5.82 Å². The van der Waals surface area contributed by atoms with E-state index in [4.69, 9.17) is 5.73 Å². The Hall–Kier alpha value is -2.70. The van der Waals surface area contributed by atoms with Gasteiger partial charge in [-0.1, -0.05) is 0 Å². The second-order valence-corrected chi connectivity index (χ2v) is 3.71. The minimum Gasteiger partial charge on any atom is -0.397 e. The lowest BCUT2D eigenvalue weighted by atomic mass is 10.2. The molecule has 0 saturated carbocycles. The van der Waals surface area contributed by atoms with Crippen molar-refractivity contribution in [2.75, 3.05) is 5.73 Å². The summed E-state index contributed by atoms with van der Waals surface area (Å²) in [4.78, 5) is 0. The standard InChI is InChI=1S/C11H9FN6/c12-8-5-11(17-3-1-2-4-17)9(13)6-10(8)18-7-14-15-16-18/h1-7H,13H2. The molecule has 0 spiro atoms. The van der Waals surface area contributed by atoms with E-state index in [2.05, 4.69) is 15.5 Å². The number of hydrogen-bond donors (Lipinski definition) is 1. The molecule has 2 N–H and O–H groups in total. The third kappa shape index (κ3) is 1.61. The van der Waals surface area contributed by atoms with Gasteiger partial charge in [-0.25, -0.2) is 4.39 Å². The van der Waals surface area contributed by atoms with Gasteiger partial charge in [0.25, 0.3) is 0 Å². The Morgan fingerprint density at radius 3 is 2.56 bits per heavy atom. The van der Waals surface area contributed by atoms with E-state index in [0.29, 0.717) is 11.4 Å². The predicted octanol–water partition coefficient (Wildman–Crippen LogP) is 1.17. The van der Waals surface area contributed by atoms with Crippen LogP contribution in [0.5, 0.6) is 0 Å². The van der Waals surface area contributed by atoms with Gasteiger partial charge in [0.15, 0.2) is 5.82 Å². The van der Waals surface area contributed by atoms with Gasteiger partial charge in [0.1, 0.15) is 12.0 Å². The molecule has 2 heterocycles. The van der Waals surface area contributed by atoms with Gasteiger partial charge in [-0.15, -0.1) is 5.10 Å². The SMILES string of the molecule is Nc1cc(-n2cnnn2)c(F)cc1-n1cccc1. The Kier molecular flexibility index (Phi) is 2.30. The van der Waals surface area contributed by atoms with Crippen LogP contribution in [0.2, 0.25) is 0 Å². The minimum absolute atomic E-state index is 0.216. The number of benzene rings is 1. The number of anilines is 1. The topological polar surface area (TPSA) is 74.6 Å². The summed E-state index contributed by atoms with van der Waals surface area (Å²) in [5, 5.41) is 10.6. The van der Waals surface area contributed by atoms with Gasteiger partial charge in [-0.05, 0) is 28.6 Å². The second-order valence-electron chi connectivity index (χ2n) is 3.71. The zero-order chi connectivity index (χ0) is 12.5. The van der Waals surface area contributed by atoms with Crippen LogP contribution in [-0.2, 0) is 0 Å². The fraction of sp³-hybridized carbons (Fsp3) is 0. The molecule has 0 bridgehead atoms. The molecule has 18 heavy (non-hydrogen) atoms. The molecule has 2 aromatic heterocycles. The molecule has 90 valence electrons. The zero-order valence-electron chi connectivity index (χ0n) is 9.23. The number of tetrazole rings is 1. The summed E-state index contributed by atoms with van der Waals surface area (Å²) >= 11 is 0. The second kappa shape index (κ2) is 3.95. The number of aromatic nitrogens is 5. The maximum atomic E-state index is 14.0. The van der Waals surface area contributed by atoms with Crippen LogP contribution in [0.4, 0.5) is 10.1 Å². The molecule has 6 nitrogen and oxygen atoms in total. The molecule has 0 aliphatic carbocycles. The third-order valence-corrected chi connectivity index (χ3v) is 2.57. The fourth-order valence-corrected chi connectivity index (χ4v) is 1.73. The highest BCUT2D eigenvalue weighted by Gasteiger charge is 2.11. The lowest BCUT2D eigenvalue weighted by Gasteiger charge is -2.10. The minimum atomic E-state index is -0.444. The number of hydrogen-bond acceptors (Lipinski definition) is 4. The molecule has 0 fully saturated rings. The molecular weight excluding hydrogens is 235 g/mol. The molecular formula is C11H9FN6. The summed E-state index contributed by atoms with van der Waals surface area (Å²) in [6.07, 6.45) is 4.90. The van der Waals surface area contributed by atoms with Gasteiger partial charge in [0, 0.05) is 18.5 Å². The average Bonchev–Trinajstić information content (AvgIpc) is 3.02. The summed E-state index contributed by atoms with van der Waals surface area (Å²) in [5.41, 5.74) is 7.16. The van der Waals surface area contributed by atoms with Crippen molar-refractivity contribution < 1.29 is 4.39 Å². The maximum Gasteiger partial charge on any atom is 0.151 e. The van der Waals surface area contributed by atoms with E-state index in [9.17, 15) is 4.39 Å². The number of nitrogen functional groups attached to an aromatic ring is 1. The normalized spacial score (nSPS) is 10.7. The van der Waals surface area contributed by atoms with Gasteiger partial charge in [-0.2, -0.15) is 4.68 Å². The summed E-state index contributed by atoms with van der Waals surface area (Å²) in [7, 11) is 0. The quantitative estimate of drug-likeness (QED) is 0.687. The molecule has 7 heteroatoms. The van der Waals surface area contributed by atoms with Crippen LogP contribution in [0.15, 0.2) is 43.0 Å². The maximum absolute atomic E-state index is 14.0. The van der Waals surface area contributed by atoms with Crippen molar-refractivity contribution in [3.05, 3.63) is 48.8 Å². The van der Waals surface area contributed by atoms with Gasteiger partial charge in [0.2, 0.25) is 0 Å². The molecule has 0 aliphatic heterocycles. The molecule has 0 radical (unpaired) electrons. The largest absolute Gasteiger partial charge is 0.397 e. The van der Waals surface area contributed by atoms with Crippen molar-refractivity contribution in [3.63, 3.8) is 0 Å². The average molecular weight is 244 g/mol. The van der Waals surface area contributed by atoms with Crippen LogP contribution in [0.25, 0.3) is 11.4 Å². The van der Waals surface area contributed by atoms with Crippen molar-refractivity contribution in [1.29, 1.82) is 0 Å². The van der Waals surface area contributed by atoms with E-state index in [1.54, 1.807) is 17.0 Å². The Morgan fingerprint density at radius 1 is 1.11 bits per heavy atom. The lowest BCUT2D eigenvalue weighted by molar-refractivity contribution is 0.606. The van der Waals surface area contributed by atoms with Crippen molar-refractivity contribution in [2.24, 2.45) is 0 Å². The molecule has 1 aromatic carbocycles. The Morgan fingerprint density at radius 2 is 1.89 bits per heavy atom. The summed E-state index contributed by atoms with van der Waals surface area (Å²) in [6.45, 7) is 0. The first-order valence-electron chi connectivity index (χ1n) is 5.21. The molecule has 0 aliphatic rings. The molecule has 0 unspecified atom stereocenters. The fourth-order valence-electron chi connectivity index (χ4n) is 1.73. The first kappa shape index (κ1) is 10.5.